The second-order valence-corrected chi connectivity index (χ2v) is 8.90. The third-order valence-corrected chi connectivity index (χ3v) is 6.85. The molecule has 2 aliphatic rings. The van der Waals surface area contributed by atoms with Crippen LogP contribution in [0, 0.1) is 5.92 Å². The van der Waals surface area contributed by atoms with Crippen LogP contribution in [-0.2, 0) is 30.7 Å². The Hall–Kier alpha value is -1.76. The van der Waals surface area contributed by atoms with Crippen molar-refractivity contribution in [3.05, 3.63) is 51.0 Å². The van der Waals surface area contributed by atoms with Gasteiger partial charge in [0.25, 0.3) is 5.91 Å². The summed E-state index contributed by atoms with van der Waals surface area (Å²) in [5.74, 6) is 0.639. The van der Waals surface area contributed by atoms with E-state index in [-0.39, 0.29) is 5.91 Å². The fourth-order valence-electron chi connectivity index (χ4n) is 4.09. The highest BCUT2D eigenvalue weighted by Gasteiger charge is 2.27. The molecule has 1 amide bonds. The molecular formula is C22H29N3O2S. The second-order valence-electron chi connectivity index (χ2n) is 7.94. The summed E-state index contributed by atoms with van der Waals surface area (Å²) in [5, 5.41) is 2.06. The first-order valence-corrected chi connectivity index (χ1v) is 11.1. The lowest BCUT2D eigenvalue weighted by Gasteiger charge is -2.27. The molecule has 0 unspecified atom stereocenters. The van der Waals surface area contributed by atoms with E-state index < -0.39 is 0 Å². The maximum Gasteiger partial charge on any atom is 0.254 e. The van der Waals surface area contributed by atoms with Gasteiger partial charge in [-0.3, -0.25) is 14.7 Å². The van der Waals surface area contributed by atoms with Crippen molar-refractivity contribution in [2.24, 2.45) is 5.92 Å². The predicted octanol–water partition coefficient (Wildman–Crippen LogP) is 3.37. The highest BCUT2D eigenvalue weighted by atomic mass is 32.1. The number of carbonyl (C=O) groups excluding carboxylic acids is 1. The Morgan fingerprint density at radius 2 is 2.32 bits per heavy atom. The maximum atomic E-state index is 13.0. The first-order chi connectivity index (χ1) is 13.6. The van der Waals surface area contributed by atoms with E-state index in [1.54, 1.807) is 11.3 Å². The van der Waals surface area contributed by atoms with Crippen molar-refractivity contribution in [2.75, 3.05) is 33.4 Å². The van der Waals surface area contributed by atoms with E-state index in [9.17, 15) is 4.79 Å². The Morgan fingerprint density at radius 1 is 1.43 bits per heavy atom. The highest BCUT2D eigenvalue weighted by molar-refractivity contribution is 7.10. The minimum Gasteiger partial charge on any atom is -0.381 e. The van der Waals surface area contributed by atoms with Crippen molar-refractivity contribution < 1.29 is 9.53 Å². The number of nitrogens with zero attached hydrogens (tertiary/aromatic N) is 3. The van der Waals surface area contributed by atoms with Crippen LogP contribution in [0.2, 0.25) is 0 Å². The molecule has 0 aromatic carbocycles. The first-order valence-electron chi connectivity index (χ1n) is 10.2. The van der Waals surface area contributed by atoms with Crippen molar-refractivity contribution in [1.29, 1.82) is 0 Å². The molecule has 4 heterocycles. The average molecular weight is 400 g/mol. The zero-order valence-corrected chi connectivity index (χ0v) is 17.6. The monoisotopic (exact) mass is 399 g/mol. The highest BCUT2D eigenvalue weighted by Crippen LogP contribution is 2.30. The quantitative estimate of drug-likeness (QED) is 0.747. The van der Waals surface area contributed by atoms with Gasteiger partial charge in [-0.25, -0.2) is 0 Å². The fraction of sp³-hybridized carbons (Fsp3) is 0.545. The Bertz CT molecular complexity index is 812. The Kier molecular flexibility index (Phi) is 6.09. The summed E-state index contributed by atoms with van der Waals surface area (Å²) in [7, 11) is 1.92. The zero-order chi connectivity index (χ0) is 19.5. The molecule has 0 bridgehead atoms. The second kappa shape index (κ2) is 8.72. The molecule has 0 N–H and O–H groups in total. The van der Waals surface area contributed by atoms with Gasteiger partial charge in [-0.1, -0.05) is 13.0 Å². The third kappa shape index (κ3) is 4.29. The molecule has 6 heteroatoms. The summed E-state index contributed by atoms with van der Waals surface area (Å²) >= 11 is 1.73. The van der Waals surface area contributed by atoms with Gasteiger partial charge in [0.15, 0.2) is 0 Å². The number of hydrogen-bond acceptors (Lipinski definition) is 5. The van der Waals surface area contributed by atoms with Gasteiger partial charge in [0.1, 0.15) is 0 Å². The molecule has 4 rings (SSSR count). The minimum absolute atomic E-state index is 0.162. The summed E-state index contributed by atoms with van der Waals surface area (Å²) in [4.78, 5) is 23.2. The standard InChI is InChI=1S/C22H29N3O2S/c1-3-16-4-5-18(23-10-16)12-25-8-6-19-20(15-28-21(19)13-25)22(26)24(2)11-17-7-9-27-14-17/h4-5,10,15,17H,3,6-9,11-14H2,1-2H3/t17-/m0/s1. The van der Waals surface area contributed by atoms with Crippen LogP contribution in [0.25, 0.3) is 0 Å². The molecule has 1 atom stereocenters. The topological polar surface area (TPSA) is 45.7 Å². The van der Waals surface area contributed by atoms with Gasteiger partial charge in [-0.15, -0.1) is 11.3 Å². The molecule has 2 aliphatic heterocycles. The van der Waals surface area contributed by atoms with Crippen LogP contribution in [0.3, 0.4) is 0 Å². The minimum atomic E-state index is 0.162. The number of carbonyl (C=O) groups is 1. The molecule has 2 aromatic rings. The number of thiophene rings is 1. The van der Waals surface area contributed by atoms with Crippen LogP contribution >= 0.6 is 11.3 Å². The van der Waals surface area contributed by atoms with Crippen molar-refractivity contribution in [2.45, 2.75) is 39.3 Å². The van der Waals surface area contributed by atoms with E-state index in [4.69, 9.17) is 4.74 Å². The van der Waals surface area contributed by atoms with Gasteiger partial charge in [-0.2, -0.15) is 0 Å². The largest absolute Gasteiger partial charge is 0.381 e. The van der Waals surface area contributed by atoms with Crippen molar-refractivity contribution in [3.8, 4) is 0 Å². The van der Waals surface area contributed by atoms with Gasteiger partial charge in [0, 0.05) is 62.2 Å². The molecule has 0 spiro atoms. The van der Waals surface area contributed by atoms with Crippen molar-refractivity contribution in [3.63, 3.8) is 0 Å². The van der Waals surface area contributed by atoms with Gasteiger partial charge in [-0.05, 0) is 36.5 Å². The van der Waals surface area contributed by atoms with Gasteiger partial charge in [0.2, 0.25) is 0 Å². The van der Waals surface area contributed by atoms with E-state index in [2.05, 4.69) is 34.3 Å². The Morgan fingerprint density at radius 3 is 3.04 bits per heavy atom. The number of rotatable bonds is 6. The molecule has 150 valence electrons. The van der Waals surface area contributed by atoms with E-state index in [1.165, 1.54) is 16.0 Å². The SMILES string of the molecule is CCc1ccc(CN2CCc3c(C(=O)N(C)C[C@@H]4CCOC4)csc3C2)nc1. The molecule has 1 fully saturated rings. The fourth-order valence-corrected chi connectivity index (χ4v) is 5.20. The average Bonchev–Trinajstić information content (AvgIpc) is 3.37. The zero-order valence-electron chi connectivity index (χ0n) is 16.8. The van der Waals surface area contributed by atoms with Crippen LogP contribution in [0.4, 0.5) is 0 Å². The lowest BCUT2D eigenvalue weighted by Crippen LogP contribution is -2.34. The summed E-state index contributed by atoms with van der Waals surface area (Å²) in [6.45, 7) is 7.29. The van der Waals surface area contributed by atoms with E-state index in [0.717, 1.165) is 69.9 Å². The molecule has 2 aromatic heterocycles. The lowest BCUT2D eigenvalue weighted by molar-refractivity contribution is 0.0764. The molecule has 28 heavy (non-hydrogen) atoms. The summed E-state index contributed by atoms with van der Waals surface area (Å²) in [6.07, 6.45) is 5.00. The van der Waals surface area contributed by atoms with Gasteiger partial charge < -0.3 is 9.64 Å². The van der Waals surface area contributed by atoms with Crippen molar-refractivity contribution >= 4 is 17.2 Å². The molecule has 0 radical (unpaired) electrons. The molecule has 5 nitrogen and oxygen atoms in total. The number of aryl methyl sites for hydroxylation is 1. The number of aromatic nitrogens is 1. The van der Waals surface area contributed by atoms with Crippen LogP contribution in [0.15, 0.2) is 23.7 Å². The van der Waals surface area contributed by atoms with Crippen LogP contribution < -0.4 is 0 Å². The summed E-state index contributed by atoms with van der Waals surface area (Å²) in [5.41, 5.74) is 4.56. The number of pyridine rings is 1. The molecule has 0 aliphatic carbocycles. The van der Waals surface area contributed by atoms with E-state index in [0.29, 0.717) is 5.92 Å². The van der Waals surface area contributed by atoms with Crippen LogP contribution in [0.5, 0.6) is 0 Å². The van der Waals surface area contributed by atoms with E-state index >= 15 is 0 Å². The molecular weight excluding hydrogens is 370 g/mol. The van der Waals surface area contributed by atoms with Gasteiger partial charge >= 0.3 is 0 Å². The number of fused-ring (bicyclic) bond motifs is 1. The smallest absolute Gasteiger partial charge is 0.254 e. The maximum absolute atomic E-state index is 13.0. The summed E-state index contributed by atoms with van der Waals surface area (Å²) < 4.78 is 5.45. The number of amides is 1. The van der Waals surface area contributed by atoms with Crippen LogP contribution in [-0.4, -0.2) is 54.0 Å². The third-order valence-electron chi connectivity index (χ3n) is 5.84. The number of ether oxygens (including phenoxy) is 1. The lowest BCUT2D eigenvalue weighted by atomic mass is 10.0. The normalized spacial score (nSPS) is 19.6. The van der Waals surface area contributed by atoms with Gasteiger partial charge in [0.05, 0.1) is 17.9 Å². The Balaban J connectivity index is 1.38. The number of hydrogen-bond donors (Lipinski definition) is 0. The van der Waals surface area contributed by atoms with E-state index in [1.807, 2.05) is 18.1 Å². The molecule has 1 saturated heterocycles. The first kappa shape index (κ1) is 19.6. The Labute approximate surface area is 171 Å². The summed E-state index contributed by atoms with van der Waals surface area (Å²) in [6, 6.07) is 4.31. The predicted molar refractivity (Wildman–Crippen MR) is 112 cm³/mol. The molecule has 0 saturated carbocycles. The van der Waals surface area contributed by atoms with Crippen molar-refractivity contribution in [1.82, 2.24) is 14.8 Å². The van der Waals surface area contributed by atoms with Crippen LogP contribution in [0.1, 0.15) is 45.4 Å².